The van der Waals surface area contributed by atoms with Crippen LogP contribution in [0.5, 0.6) is 11.5 Å². The zero-order chi connectivity index (χ0) is 17.6. The highest BCUT2D eigenvalue weighted by molar-refractivity contribution is 5.87. The lowest BCUT2D eigenvalue weighted by Crippen LogP contribution is -2.38. The summed E-state index contributed by atoms with van der Waals surface area (Å²) in [5, 5.41) is 9.86. The minimum atomic E-state index is -1.46. The van der Waals surface area contributed by atoms with E-state index < -0.39 is 11.4 Å². The maximum atomic E-state index is 12.5. The molecule has 5 nitrogen and oxygen atoms in total. The van der Waals surface area contributed by atoms with E-state index in [1.54, 1.807) is 18.2 Å². The van der Waals surface area contributed by atoms with Crippen LogP contribution in [0.15, 0.2) is 48.5 Å². The zero-order valence-electron chi connectivity index (χ0n) is 13.9. The van der Waals surface area contributed by atoms with Gasteiger partial charge in [0.2, 0.25) is 0 Å². The smallest absolute Gasteiger partial charge is 0.331 e. The fourth-order valence-corrected chi connectivity index (χ4v) is 2.62. The Kier molecular flexibility index (Phi) is 5.43. The van der Waals surface area contributed by atoms with Crippen molar-refractivity contribution in [3.05, 3.63) is 59.7 Å². The first kappa shape index (κ1) is 17.4. The number of ether oxygens (including phenoxy) is 3. The molecule has 0 saturated carbocycles. The summed E-state index contributed by atoms with van der Waals surface area (Å²) in [4.78, 5) is 12.5. The molecule has 124 valence electrons. The molecule has 1 unspecified atom stereocenters. The third-order valence-electron chi connectivity index (χ3n) is 3.91. The number of methoxy groups -OCH3 is 3. The monoisotopic (exact) mass is 325 g/mol. The van der Waals surface area contributed by atoms with Gasteiger partial charge < -0.3 is 14.2 Å². The minimum Gasteiger partial charge on any atom is -0.493 e. The summed E-state index contributed by atoms with van der Waals surface area (Å²) in [6, 6.07) is 16.5. The number of nitrogens with zero attached hydrogens (tertiary/aromatic N) is 1. The maximum Gasteiger partial charge on any atom is 0.331 e. The Hall–Kier alpha value is -3.00. The van der Waals surface area contributed by atoms with Crippen molar-refractivity contribution in [2.24, 2.45) is 0 Å². The summed E-state index contributed by atoms with van der Waals surface area (Å²) >= 11 is 0. The number of carbonyl (C=O) groups excluding carboxylic acids is 1. The molecule has 0 heterocycles. The lowest BCUT2D eigenvalue weighted by atomic mass is 9.76. The lowest BCUT2D eigenvalue weighted by molar-refractivity contribution is -0.145. The summed E-state index contributed by atoms with van der Waals surface area (Å²) in [5.41, 5.74) is -0.104. The second-order valence-electron chi connectivity index (χ2n) is 5.24. The predicted molar refractivity (Wildman–Crippen MR) is 89.0 cm³/mol. The van der Waals surface area contributed by atoms with Gasteiger partial charge in [0.05, 0.1) is 27.4 Å². The normalized spacial score (nSPS) is 12.6. The predicted octanol–water partition coefficient (Wildman–Crippen LogP) is 2.88. The van der Waals surface area contributed by atoms with Crippen molar-refractivity contribution in [3.8, 4) is 17.6 Å². The number of benzene rings is 2. The molecule has 2 aromatic rings. The van der Waals surface area contributed by atoms with Crippen LogP contribution in [0.4, 0.5) is 0 Å². The number of hydrogen-bond acceptors (Lipinski definition) is 5. The molecule has 0 aromatic heterocycles. The van der Waals surface area contributed by atoms with Crippen molar-refractivity contribution < 1.29 is 19.0 Å². The fraction of sp³-hybridized carbons (Fsp3) is 0.263. The first-order valence-corrected chi connectivity index (χ1v) is 7.37. The Morgan fingerprint density at radius 2 is 1.71 bits per heavy atom. The minimum absolute atomic E-state index is 0.201. The molecule has 0 aliphatic rings. The highest BCUT2D eigenvalue weighted by Crippen LogP contribution is 2.36. The van der Waals surface area contributed by atoms with Gasteiger partial charge in [-0.25, -0.2) is 4.79 Å². The Morgan fingerprint density at radius 1 is 1.04 bits per heavy atom. The number of hydrogen-bond donors (Lipinski definition) is 0. The Balaban J connectivity index is 2.58. The van der Waals surface area contributed by atoms with Crippen LogP contribution in [0.1, 0.15) is 11.1 Å². The van der Waals surface area contributed by atoms with E-state index in [1.807, 2.05) is 30.3 Å². The summed E-state index contributed by atoms with van der Waals surface area (Å²) in [7, 11) is 4.31. The molecular weight excluding hydrogens is 306 g/mol. The number of nitriles is 1. The highest BCUT2D eigenvalue weighted by atomic mass is 16.5. The van der Waals surface area contributed by atoms with E-state index in [4.69, 9.17) is 14.2 Å². The van der Waals surface area contributed by atoms with Crippen molar-refractivity contribution in [3.63, 3.8) is 0 Å². The molecule has 0 radical (unpaired) electrons. The first-order valence-electron chi connectivity index (χ1n) is 7.37. The molecule has 1 atom stereocenters. The summed E-state index contributed by atoms with van der Waals surface area (Å²) in [5.74, 6) is 0.366. The van der Waals surface area contributed by atoms with Crippen molar-refractivity contribution in [2.75, 3.05) is 21.3 Å². The molecule has 0 N–H and O–H groups in total. The van der Waals surface area contributed by atoms with Crippen LogP contribution < -0.4 is 9.47 Å². The standard InChI is InChI=1S/C19H19NO4/c1-22-16-10-9-15(11-17(16)23-2)19(13-20,18(21)24-3)12-14-7-5-4-6-8-14/h4-11H,12H2,1-3H3. The van der Waals surface area contributed by atoms with Crippen LogP contribution in [-0.4, -0.2) is 27.3 Å². The average Bonchev–Trinajstić information content (AvgIpc) is 2.65. The molecule has 0 fully saturated rings. The van der Waals surface area contributed by atoms with Gasteiger partial charge >= 0.3 is 5.97 Å². The Morgan fingerprint density at radius 3 is 2.25 bits per heavy atom. The third-order valence-corrected chi connectivity index (χ3v) is 3.91. The van der Waals surface area contributed by atoms with Crippen LogP contribution in [-0.2, 0) is 21.4 Å². The van der Waals surface area contributed by atoms with Gasteiger partial charge in [-0.3, -0.25) is 0 Å². The van der Waals surface area contributed by atoms with E-state index in [2.05, 4.69) is 6.07 Å². The van der Waals surface area contributed by atoms with Gasteiger partial charge in [0, 0.05) is 6.42 Å². The SMILES string of the molecule is COC(=O)C(C#N)(Cc1ccccc1)c1ccc(OC)c(OC)c1. The quantitative estimate of drug-likeness (QED) is 0.764. The van der Waals surface area contributed by atoms with Gasteiger partial charge in [-0.1, -0.05) is 36.4 Å². The second kappa shape index (κ2) is 7.51. The largest absolute Gasteiger partial charge is 0.493 e. The molecule has 2 aromatic carbocycles. The molecule has 0 spiro atoms. The topological polar surface area (TPSA) is 68.6 Å². The van der Waals surface area contributed by atoms with E-state index in [0.29, 0.717) is 17.1 Å². The highest BCUT2D eigenvalue weighted by Gasteiger charge is 2.42. The molecule has 0 aliphatic heterocycles. The summed E-state index contributed by atoms with van der Waals surface area (Å²) in [6.07, 6.45) is 0.201. The molecule has 0 bridgehead atoms. The van der Waals surface area contributed by atoms with E-state index in [0.717, 1.165) is 5.56 Å². The average molecular weight is 325 g/mol. The van der Waals surface area contributed by atoms with Crippen LogP contribution in [0.3, 0.4) is 0 Å². The molecule has 5 heteroatoms. The van der Waals surface area contributed by atoms with E-state index in [1.165, 1.54) is 21.3 Å². The van der Waals surface area contributed by atoms with Gasteiger partial charge in [-0.2, -0.15) is 5.26 Å². The Bertz CT molecular complexity index is 752. The number of esters is 1. The maximum absolute atomic E-state index is 12.5. The van der Waals surface area contributed by atoms with Crippen molar-refractivity contribution in [2.45, 2.75) is 11.8 Å². The van der Waals surface area contributed by atoms with Gasteiger partial charge in [-0.05, 0) is 23.3 Å². The Labute approximate surface area is 141 Å². The van der Waals surface area contributed by atoms with Crippen LogP contribution >= 0.6 is 0 Å². The van der Waals surface area contributed by atoms with Gasteiger partial charge in [0.1, 0.15) is 0 Å². The van der Waals surface area contributed by atoms with Crippen LogP contribution in [0.25, 0.3) is 0 Å². The second-order valence-corrected chi connectivity index (χ2v) is 5.24. The van der Waals surface area contributed by atoms with E-state index in [9.17, 15) is 10.1 Å². The van der Waals surface area contributed by atoms with Crippen molar-refractivity contribution in [1.29, 1.82) is 5.26 Å². The van der Waals surface area contributed by atoms with Crippen molar-refractivity contribution in [1.82, 2.24) is 0 Å². The molecule has 24 heavy (non-hydrogen) atoms. The lowest BCUT2D eigenvalue weighted by Gasteiger charge is -2.25. The zero-order valence-corrected chi connectivity index (χ0v) is 13.9. The number of carbonyl (C=O) groups is 1. The molecule has 0 amide bonds. The van der Waals surface area contributed by atoms with E-state index >= 15 is 0 Å². The van der Waals surface area contributed by atoms with Crippen LogP contribution in [0, 0.1) is 11.3 Å². The summed E-state index contributed by atoms with van der Waals surface area (Å²) in [6.45, 7) is 0. The fourth-order valence-electron chi connectivity index (χ4n) is 2.62. The molecule has 0 saturated heterocycles. The molecule has 2 rings (SSSR count). The van der Waals surface area contributed by atoms with Gasteiger partial charge in [0.15, 0.2) is 16.9 Å². The third kappa shape index (κ3) is 3.18. The number of rotatable bonds is 6. The first-order chi connectivity index (χ1) is 11.6. The summed E-state index contributed by atoms with van der Waals surface area (Å²) < 4.78 is 15.4. The van der Waals surface area contributed by atoms with Crippen LogP contribution in [0.2, 0.25) is 0 Å². The molecule has 0 aliphatic carbocycles. The van der Waals surface area contributed by atoms with E-state index in [-0.39, 0.29) is 6.42 Å². The molecular formula is C19H19NO4. The van der Waals surface area contributed by atoms with Crippen molar-refractivity contribution >= 4 is 5.97 Å². The van der Waals surface area contributed by atoms with Gasteiger partial charge in [-0.15, -0.1) is 0 Å². The van der Waals surface area contributed by atoms with Gasteiger partial charge in [0.25, 0.3) is 0 Å².